The molecule has 0 aliphatic carbocycles. The van der Waals surface area contributed by atoms with Crippen LogP contribution < -0.4 is 4.74 Å². The number of ether oxygens (including phenoxy) is 1. The maximum atomic E-state index is 13.0. The van der Waals surface area contributed by atoms with E-state index in [4.69, 9.17) is 4.74 Å². The zero-order chi connectivity index (χ0) is 18.7. The van der Waals surface area contributed by atoms with E-state index in [0.29, 0.717) is 12.2 Å². The number of halogens is 3. The normalized spacial score (nSPS) is 16.9. The number of nitrogens with zero attached hydrogens (tertiary/aromatic N) is 1. The first-order valence-corrected chi connectivity index (χ1v) is 8.51. The van der Waals surface area contributed by atoms with Crippen LogP contribution in [0.4, 0.5) is 13.2 Å². The predicted molar refractivity (Wildman–Crippen MR) is 89.6 cm³/mol. The molecule has 1 aromatic carbocycles. The highest BCUT2D eigenvalue weighted by Crippen LogP contribution is 2.34. The van der Waals surface area contributed by atoms with Crippen molar-refractivity contribution in [3.63, 3.8) is 0 Å². The fourth-order valence-electron chi connectivity index (χ4n) is 3.10. The van der Waals surface area contributed by atoms with Gasteiger partial charge in [-0.25, -0.2) is 0 Å². The molecule has 1 aromatic rings. The van der Waals surface area contributed by atoms with Crippen LogP contribution >= 0.6 is 0 Å². The third kappa shape index (κ3) is 4.03. The first-order chi connectivity index (χ1) is 12.4. The predicted octanol–water partition coefficient (Wildman–Crippen LogP) is 4.22. The van der Waals surface area contributed by atoms with Gasteiger partial charge in [0.1, 0.15) is 11.4 Å². The lowest BCUT2D eigenvalue weighted by Gasteiger charge is -2.18. The van der Waals surface area contributed by atoms with Crippen LogP contribution in [0.15, 0.2) is 34.5 Å². The van der Waals surface area contributed by atoms with Crippen LogP contribution in [0, 0.1) is 0 Å². The number of carbonyl (C=O) groups is 2. The molecule has 138 valence electrons. The fourth-order valence-corrected chi connectivity index (χ4v) is 3.10. The Bertz CT molecular complexity index is 794. The lowest BCUT2D eigenvalue weighted by atomic mass is 9.97. The molecule has 7 heteroatoms. The Morgan fingerprint density at radius 1 is 1.12 bits per heavy atom. The summed E-state index contributed by atoms with van der Waals surface area (Å²) in [6.07, 6.45) is -2.13. The average Bonchev–Trinajstić information content (AvgIpc) is 2.64. The molecule has 4 nitrogen and oxygen atoms in total. The van der Waals surface area contributed by atoms with Gasteiger partial charge in [-0.2, -0.15) is 13.2 Å². The van der Waals surface area contributed by atoms with E-state index in [2.05, 4.69) is 4.99 Å². The van der Waals surface area contributed by atoms with Crippen molar-refractivity contribution in [1.82, 2.24) is 0 Å². The van der Waals surface area contributed by atoms with Crippen LogP contribution in [-0.4, -0.2) is 30.6 Å². The van der Waals surface area contributed by atoms with E-state index in [9.17, 15) is 22.8 Å². The second kappa shape index (κ2) is 7.43. The number of aliphatic imine (C=N–C) groups is 1. The number of aryl methyl sites for hydroxylation is 1. The van der Waals surface area contributed by atoms with Crippen molar-refractivity contribution in [3.05, 3.63) is 40.6 Å². The monoisotopic (exact) mass is 365 g/mol. The summed E-state index contributed by atoms with van der Waals surface area (Å²) in [5, 5.41) is 0. The molecule has 0 fully saturated rings. The number of Topliss-reactive ketones (excluding diaryl/α,β-unsaturated/α-hetero) is 2. The first kappa shape index (κ1) is 18.4. The average molecular weight is 365 g/mol. The summed E-state index contributed by atoms with van der Waals surface area (Å²) >= 11 is 0. The molecule has 2 heterocycles. The number of alkyl halides is 3. The maximum absolute atomic E-state index is 13.0. The number of hydrogen-bond acceptors (Lipinski definition) is 4. The Kier molecular flexibility index (Phi) is 5.25. The van der Waals surface area contributed by atoms with Crippen LogP contribution in [0.25, 0.3) is 0 Å². The molecular formula is C19H18F3NO3. The SMILES string of the molecule is O=C(CCC(=O)c1ccc2c(c1)CCCO2)C1=C(C(F)(F)F)CCC=N1. The van der Waals surface area contributed by atoms with Gasteiger partial charge in [-0.3, -0.25) is 14.6 Å². The van der Waals surface area contributed by atoms with Gasteiger partial charge in [0.2, 0.25) is 0 Å². The Balaban J connectivity index is 1.68. The topological polar surface area (TPSA) is 55.7 Å². The van der Waals surface area contributed by atoms with Crippen molar-refractivity contribution in [1.29, 1.82) is 0 Å². The van der Waals surface area contributed by atoms with Crippen molar-refractivity contribution in [2.45, 2.75) is 44.7 Å². The van der Waals surface area contributed by atoms with Crippen LogP contribution in [0.5, 0.6) is 5.75 Å². The summed E-state index contributed by atoms with van der Waals surface area (Å²) in [5.41, 5.74) is -0.0784. The summed E-state index contributed by atoms with van der Waals surface area (Å²) in [6, 6.07) is 5.08. The Hall–Kier alpha value is -2.44. The molecule has 0 saturated carbocycles. The summed E-state index contributed by atoms with van der Waals surface area (Å²) in [5.74, 6) is -0.274. The lowest BCUT2D eigenvalue weighted by molar-refractivity contribution is -0.118. The van der Waals surface area contributed by atoms with Gasteiger partial charge in [-0.05, 0) is 49.4 Å². The Morgan fingerprint density at radius 3 is 2.65 bits per heavy atom. The van der Waals surface area contributed by atoms with Gasteiger partial charge in [-0.15, -0.1) is 0 Å². The highest BCUT2D eigenvalue weighted by Gasteiger charge is 2.38. The standard InChI is InChI=1S/C19H18F3NO3/c20-19(21,22)14-4-1-9-23-18(14)16(25)7-6-15(24)12-5-8-17-13(11-12)3-2-10-26-17/h5,8-9,11H,1-4,6-7,10H2. The van der Waals surface area contributed by atoms with E-state index in [1.54, 1.807) is 18.2 Å². The van der Waals surface area contributed by atoms with Gasteiger partial charge >= 0.3 is 6.18 Å². The van der Waals surface area contributed by atoms with Crippen molar-refractivity contribution < 1.29 is 27.5 Å². The molecule has 26 heavy (non-hydrogen) atoms. The molecule has 0 spiro atoms. The van der Waals surface area contributed by atoms with Gasteiger partial charge < -0.3 is 4.74 Å². The molecule has 2 aliphatic rings. The third-order valence-corrected chi connectivity index (χ3v) is 4.45. The molecule has 0 aromatic heterocycles. The lowest BCUT2D eigenvalue weighted by Crippen LogP contribution is -2.20. The summed E-state index contributed by atoms with van der Waals surface area (Å²) in [6.45, 7) is 0.645. The zero-order valence-electron chi connectivity index (χ0n) is 14.1. The maximum Gasteiger partial charge on any atom is 0.414 e. The summed E-state index contributed by atoms with van der Waals surface area (Å²) < 4.78 is 44.5. The third-order valence-electron chi connectivity index (χ3n) is 4.45. The largest absolute Gasteiger partial charge is 0.493 e. The highest BCUT2D eigenvalue weighted by atomic mass is 19.4. The number of hydrogen-bond donors (Lipinski definition) is 0. The molecule has 0 amide bonds. The number of ketones is 2. The number of fused-ring (bicyclic) bond motifs is 1. The van der Waals surface area contributed by atoms with E-state index in [1.807, 2.05) is 0 Å². The number of carbonyl (C=O) groups excluding carboxylic acids is 2. The first-order valence-electron chi connectivity index (χ1n) is 8.51. The van der Waals surface area contributed by atoms with Gasteiger partial charge in [0.25, 0.3) is 0 Å². The van der Waals surface area contributed by atoms with Gasteiger partial charge in [0.15, 0.2) is 11.6 Å². The van der Waals surface area contributed by atoms with Gasteiger partial charge in [0.05, 0.1) is 12.2 Å². The summed E-state index contributed by atoms with van der Waals surface area (Å²) in [7, 11) is 0. The van der Waals surface area contributed by atoms with Crippen LogP contribution in [-0.2, 0) is 11.2 Å². The number of allylic oxidation sites excluding steroid dienone is 2. The molecule has 0 radical (unpaired) electrons. The summed E-state index contributed by atoms with van der Waals surface area (Å²) in [4.78, 5) is 28.1. The van der Waals surface area contributed by atoms with Gasteiger partial charge in [0, 0.05) is 24.6 Å². The number of rotatable bonds is 5. The Morgan fingerprint density at radius 2 is 1.88 bits per heavy atom. The minimum absolute atomic E-state index is 0.150. The van der Waals surface area contributed by atoms with Crippen LogP contribution in [0.1, 0.15) is 48.0 Å². The van der Waals surface area contributed by atoms with E-state index in [0.717, 1.165) is 24.2 Å². The minimum Gasteiger partial charge on any atom is -0.493 e. The van der Waals surface area contributed by atoms with Crippen molar-refractivity contribution in [2.75, 3.05) is 6.61 Å². The molecule has 3 rings (SSSR count). The van der Waals surface area contributed by atoms with Gasteiger partial charge in [-0.1, -0.05) is 0 Å². The Labute approximate surface area is 148 Å². The van der Waals surface area contributed by atoms with E-state index < -0.39 is 23.2 Å². The van der Waals surface area contributed by atoms with Crippen LogP contribution in [0.2, 0.25) is 0 Å². The molecule has 0 saturated heterocycles. The van der Waals surface area contributed by atoms with Crippen molar-refractivity contribution in [2.24, 2.45) is 4.99 Å². The van der Waals surface area contributed by atoms with Crippen molar-refractivity contribution >= 4 is 17.8 Å². The molecule has 0 bridgehead atoms. The zero-order valence-corrected chi connectivity index (χ0v) is 14.1. The van der Waals surface area contributed by atoms with Crippen LogP contribution in [0.3, 0.4) is 0 Å². The quantitative estimate of drug-likeness (QED) is 0.734. The smallest absolute Gasteiger partial charge is 0.414 e. The molecule has 2 aliphatic heterocycles. The molecular weight excluding hydrogens is 347 g/mol. The molecule has 0 unspecified atom stereocenters. The highest BCUT2D eigenvalue weighted by molar-refractivity contribution is 6.03. The van der Waals surface area contributed by atoms with E-state index >= 15 is 0 Å². The molecule has 0 atom stereocenters. The van der Waals surface area contributed by atoms with E-state index in [1.165, 1.54) is 6.21 Å². The number of benzene rings is 1. The van der Waals surface area contributed by atoms with Crippen molar-refractivity contribution in [3.8, 4) is 5.75 Å². The minimum atomic E-state index is -4.58. The molecule has 0 N–H and O–H groups in total. The second-order valence-electron chi connectivity index (χ2n) is 6.30. The second-order valence-corrected chi connectivity index (χ2v) is 6.30. The van der Waals surface area contributed by atoms with E-state index in [-0.39, 0.29) is 31.5 Å². The fraction of sp³-hybridized carbons (Fsp3) is 0.421.